The molecule has 88 valence electrons. The number of rotatable bonds is 4. The third-order valence-electron chi connectivity index (χ3n) is 3.35. The Morgan fingerprint density at radius 1 is 1.62 bits per heavy atom. The first-order chi connectivity index (χ1) is 7.79. The summed E-state index contributed by atoms with van der Waals surface area (Å²) in [6, 6.07) is 4.63. The van der Waals surface area contributed by atoms with Gasteiger partial charge < -0.3 is 10.1 Å². The summed E-state index contributed by atoms with van der Waals surface area (Å²) in [6.07, 6.45) is 6.37. The molecule has 16 heavy (non-hydrogen) atoms. The van der Waals surface area contributed by atoms with E-state index in [0.29, 0.717) is 18.1 Å². The van der Waals surface area contributed by atoms with Gasteiger partial charge in [-0.15, -0.1) is 0 Å². The second-order valence-electron chi connectivity index (χ2n) is 4.60. The fraction of sp³-hybridized carbons (Fsp3) is 0.615. The molecule has 1 N–H and O–H groups in total. The molecule has 1 saturated heterocycles. The lowest BCUT2D eigenvalue weighted by Gasteiger charge is -2.21. The summed E-state index contributed by atoms with van der Waals surface area (Å²) in [6.45, 7) is 3.03. The van der Waals surface area contributed by atoms with E-state index >= 15 is 0 Å². The second kappa shape index (κ2) is 5.41. The maximum absolute atomic E-state index is 5.63. The summed E-state index contributed by atoms with van der Waals surface area (Å²) in [5.41, 5.74) is 1.29. The number of hydrogen-bond donors (Lipinski definition) is 1. The minimum absolute atomic E-state index is 0.412. The van der Waals surface area contributed by atoms with Crippen molar-refractivity contribution in [2.75, 3.05) is 13.7 Å². The van der Waals surface area contributed by atoms with Crippen molar-refractivity contribution in [3.05, 3.63) is 30.1 Å². The lowest BCUT2D eigenvalue weighted by molar-refractivity contribution is 0.117. The van der Waals surface area contributed by atoms with Crippen LogP contribution in [0.2, 0.25) is 0 Å². The number of nitrogens with one attached hydrogen (secondary N) is 1. The molecule has 1 fully saturated rings. The molecule has 3 atom stereocenters. The van der Waals surface area contributed by atoms with Crippen molar-refractivity contribution in [2.45, 2.75) is 31.9 Å². The molecule has 2 heterocycles. The molecule has 1 aromatic heterocycles. The Morgan fingerprint density at radius 2 is 2.50 bits per heavy atom. The number of likely N-dealkylation sites (N-methyl/N-ethyl adjacent to an activating group) is 1. The molecule has 0 bridgehead atoms. The molecule has 3 unspecified atom stereocenters. The summed E-state index contributed by atoms with van der Waals surface area (Å²) < 4.78 is 5.63. The minimum atomic E-state index is 0.412. The van der Waals surface area contributed by atoms with Crippen LogP contribution in [-0.2, 0) is 11.2 Å². The molecule has 1 aromatic rings. The van der Waals surface area contributed by atoms with Crippen LogP contribution >= 0.6 is 0 Å². The topological polar surface area (TPSA) is 34.2 Å². The fourth-order valence-corrected chi connectivity index (χ4v) is 2.41. The van der Waals surface area contributed by atoms with E-state index in [-0.39, 0.29) is 0 Å². The van der Waals surface area contributed by atoms with Gasteiger partial charge >= 0.3 is 0 Å². The van der Waals surface area contributed by atoms with Crippen molar-refractivity contribution in [3.63, 3.8) is 0 Å². The zero-order valence-corrected chi connectivity index (χ0v) is 10.0. The molecule has 0 aromatic carbocycles. The van der Waals surface area contributed by atoms with E-state index in [9.17, 15) is 0 Å². The highest BCUT2D eigenvalue weighted by molar-refractivity contribution is 5.10. The van der Waals surface area contributed by atoms with Gasteiger partial charge in [0, 0.05) is 24.4 Å². The predicted molar refractivity (Wildman–Crippen MR) is 64.3 cm³/mol. The average molecular weight is 220 g/mol. The number of pyridine rings is 1. The number of ether oxygens (including phenoxy) is 1. The van der Waals surface area contributed by atoms with Gasteiger partial charge in [0.1, 0.15) is 0 Å². The maximum atomic E-state index is 5.63. The van der Waals surface area contributed by atoms with Crippen molar-refractivity contribution in [2.24, 2.45) is 5.92 Å². The van der Waals surface area contributed by atoms with Crippen LogP contribution in [0.5, 0.6) is 0 Å². The number of nitrogens with zero attached hydrogens (tertiary/aromatic N) is 1. The molecule has 3 heteroatoms. The molecule has 2 rings (SSSR count). The quantitative estimate of drug-likeness (QED) is 0.837. The van der Waals surface area contributed by atoms with Crippen LogP contribution < -0.4 is 5.32 Å². The van der Waals surface area contributed by atoms with E-state index in [1.165, 1.54) is 5.56 Å². The Kier molecular flexibility index (Phi) is 3.91. The van der Waals surface area contributed by atoms with Gasteiger partial charge in [0.05, 0.1) is 12.7 Å². The van der Waals surface area contributed by atoms with Crippen LogP contribution in [-0.4, -0.2) is 30.8 Å². The van der Waals surface area contributed by atoms with Crippen LogP contribution in [0, 0.1) is 5.92 Å². The van der Waals surface area contributed by atoms with E-state index in [0.717, 1.165) is 19.4 Å². The Hall–Kier alpha value is -0.930. The summed E-state index contributed by atoms with van der Waals surface area (Å²) >= 11 is 0. The molecule has 0 radical (unpaired) electrons. The van der Waals surface area contributed by atoms with E-state index in [1.54, 1.807) is 0 Å². The summed E-state index contributed by atoms with van der Waals surface area (Å²) in [4.78, 5) is 4.15. The fourth-order valence-electron chi connectivity index (χ4n) is 2.41. The monoisotopic (exact) mass is 220 g/mol. The van der Waals surface area contributed by atoms with Gasteiger partial charge in [-0.25, -0.2) is 0 Å². The van der Waals surface area contributed by atoms with Crippen molar-refractivity contribution >= 4 is 0 Å². The minimum Gasteiger partial charge on any atom is -0.378 e. The largest absolute Gasteiger partial charge is 0.378 e. The lowest BCUT2D eigenvalue weighted by Crippen LogP contribution is -2.36. The second-order valence-corrected chi connectivity index (χ2v) is 4.60. The molecule has 3 nitrogen and oxygen atoms in total. The normalized spacial score (nSPS) is 26.9. The van der Waals surface area contributed by atoms with Crippen molar-refractivity contribution in [1.29, 1.82) is 0 Å². The SMILES string of the molecule is CNC(Cc1cccnc1)C1COC(C)C1. The standard InChI is InChI=1S/C13H20N2O/c1-10-6-12(9-16-10)13(14-2)7-11-4-3-5-15-8-11/h3-5,8,10,12-14H,6-7,9H2,1-2H3. The molecule has 0 saturated carbocycles. The maximum Gasteiger partial charge on any atom is 0.0551 e. The van der Waals surface area contributed by atoms with Crippen LogP contribution in [0.3, 0.4) is 0 Å². The highest BCUT2D eigenvalue weighted by atomic mass is 16.5. The third kappa shape index (κ3) is 2.80. The zero-order valence-electron chi connectivity index (χ0n) is 10.0. The summed E-state index contributed by atoms with van der Waals surface area (Å²) in [5.74, 6) is 0.625. The summed E-state index contributed by atoms with van der Waals surface area (Å²) in [5, 5.41) is 3.41. The van der Waals surface area contributed by atoms with Crippen LogP contribution in [0.25, 0.3) is 0 Å². The first-order valence-corrected chi connectivity index (χ1v) is 5.97. The average Bonchev–Trinajstić information content (AvgIpc) is 2.74. The van der Waals surface area contributed by atoms with Gasteiger partial charge in [0.2, 0.25) is 0 Å². The van der Waals surface area contributed by atoms with E-state index in [2.05, 4.69) is 23.3 Å². The van der Waals surface area contributed by atoms with Gasteiger partial charge in [0.15, 0.2) is 0 Å². The van der Waals surface area contributed by atoms with Crippen LogP contribution in [0.15, 0.2) is 24.5 Å². The Balaban J connectivity index is 1.96. The van der Waals surface area contributed by atoms with Gasteiger partial charge in [-0.2, -0.15) is 0 Å². The van der Waals surface area contributed by atoms with Crippen molar-refractivity contribution < 1.29 is 4.74 Å². The Morgan fingerprint density at radius 3 is 3.06 bits per heavy atom. The molecular formula is C13H20N2O. The van der Waals surface area contributed by atoms with Crippen LogP contribution in [0.1, 0.15) is 18.9 Å². The molecule has 1 aliphatic rings. The number of aromatic nitrogens is 1. The molecular weight excluding hydrogens is 200 g/mol. The Labute approximate surface area is 97.2 Å². The number of hydrogen-bond acceptors (Lipinski definition) is 3. The first kappa shape index (κ1) is 11.6. The highest BCUT2D eigenvalue weighted by Gasteiger charge is 2.28. The van der Waals surface area contributed by atoms with Crippen molar-refractivity contribution in [1.82, 2.24) is 10.3 Å². The van der Waals surface area contributed by atoms with Gasteiger partial charge in [-0.05, 0) is 38.4 Å². The first-order valence-electron chi connectivity index (χ1n) is 5.97. The van der Waals surface area contributed by atoms with Crippen molar-refractivity contribution in [3.8, 4) is 0 Å². The molecule has 0 spiro atoms. The summed E-state index contributed by atoms with van der Waals surface area (Å²) in [7, 11) is 2.03. The molecule has 0 aliphatic carbocycles. The Bertz CT molecular complexity index is 315. The van der Waals surface area contributed by atoms with E-state index in [1.807, 2.05) is 25.5 Å². The molecule has 1 aliphatic heterocycles. The van der Waals surface area contributed by atoms with Gasteiger partial charge in [-0.1, -0.05) is 6.07 Å². The predicted octanol–water partition coefficient (Wildman–Crippen LogP) is 1.64. The van der Waals surface area contributed by atoms with Gasteiger partial charge in [0.25, 0.3) is 0 Å². The van der Waals surface area contributed by atoms with E-state index < -0.39 is 0 Å². The molecule has 0 amide bonds. The zero-order chi connectivity index (χ0) is 11.4. The third-order valence-corrected chi connectivity index (χ3v) is 3.35. The lowest BCUT2D eigenvalue weighted by atomic mass is 9.92. The van der Waals surface area contributed by atoms with Gasteiger partial charge in [-0.3, -0.25) is 4.98 Å². The van der Waals surface area contributed by atoms with Crippen LogP contribution in [0.4, 0.5) is 0 Å². The smallest absolute Gasteiger partial charge is 0.0551 e. The highest BCUT2D eigenvalue weighted by Crippen LogP contribution is 2.24. The van der Waals surface area contributed by atoms with E-state index in [4.69, 9.17) is 4.74 Å².